The molecule has 1 heterocycles. The average molecular weight is 482 g/mol. The number of nitrogens with one attached hydrogen (secondary N) is 1. The molecule has 0 amide bonds. The number of carbonyl (C=O) groups is 3. The van der Waals surface area contributed by atoms with Crippen molar-refractivity contribution in [2.75, 3.05) is 14.2 Å². The molecule has 7 nitrogen and oxygen atoms in total. The molecular weight excluding hydrogens is 446 g/mol. The van der Waals surface area contributed by atoms with Crippen LogP contribution < -0.4 is 10.1 Å². The maximum atomic E-state index is 13.8. The van der Waals surface area contributed by atoms with Crippen LogP contribution in [0.15, 0.2) is 46.8 Å². The molecule has 2 aliphatic carbocycles. The molecule has 3 atom stereocenters. The third kappa shape index (κ3) is 5.00. The van der Waals surface area contributed by atoms with Gasteiger partial charge in [0.25, 0.3) is 0 Å². The number of ketones is 1. The Morgan fingerprint density at radius 3 is 2.43 bits per heavy atom. The molecule has 1 saturated carbocycles. The fraction of sp³-hybridized carbons (Fsp3) is 0.536. The number of hydrogen-bond donors (Lipinski definition) is 1. The number of dihydropyridines is 1. The lowest BCUT2D eigenvalue weighted by Gasteiger charge is -2.38. The average Bonchev–Trinajstić information content (AvgIpc) is 3.11. The summed E-state index contributed by atoms with van der Waals surface area (Å²) < 4.78 is 16.4. The van der Waals surface area contributed by atoms with Gasteiger partial charge in [-0.3, -0.25) is 9.59 Å². The van der Waals surface area contributed by atoms with Crippen molar-refractivity contribution in [1.29, 1.82) is 0 Å². The molecular formula is C28H35NO6. The molecule has 3 aliphatic rings. The third-order valence-corrected chi connectivity index (χ3v) is 7.47. The fourth-order valence-electron chi connectivity index (χ4n) is 5.68. The number of methoxy groups -OCH3 is 2. The van der Waals surface area contributed by atoms with Crippen molar-refractivity contribution in [3.05, 3.63) is 52.4 Å². The van der Waals surface area contributed by atoms with Gasteiger partial charge in [0.2, 0.25) is 0 Å². The van der Waals surface area contributed by atoms with Crippen LogP contribution in [-0.2, 0) is 23.9 Å². The Balaban J connectivity index is 1.78. The van der Waals surface area contributed by atoms with E-state index >= 15 is 0 Å². The predicted octanol–water partition coefficient (Wildman–Crippen LogP) is 4.57. The zero-order valence-corrected chi connectivity index (χ0v) is 21.0. The van der Waals surface area contributed by atoms with Crippen molar-refractivity contribution < 1.29 is 28.6 Å². The first-order valence-corrected chi connectivity index (χ1v) is 12.5. The second-order valence-electron chi connectivity index (χ2n) is 9.83. The Hall–Kier alpha value is -3.09. The van der Waals surface area contributed by atoms with Crippen LogP contribution >= 0.6 is 0 Å². The summed E-state index contributed by atoms with van der Waals surface area (Å²) in [7, 11) is 2.87. The highest BCUT2D eigenvalue weighted by molar-refractivity contribution is 6.12. The van der Waals surface area contributed by atoms with E-state index in [2.05, 4.69) is 5.32 Å². The molecule has 1 aromatic rings. The highest BCUT2D eigenvalue weighted by Gasteiger charge is 2.47. The maximum absolute atomic E-state index is 13.8. The molecule has 4 rings (SSSR count). The van der Waals surface area contributed by atoms with Crippen LogP contribution in [0, 0.1) is 11.8 Å². The van der Waals surface area contributed by atoms with Crippen LogP contribution in [0.25, 0.3) is 0 Å². The summed E-state index contributed by atoms with van der Waals surface area (Å²) in [5.74, 6) is -2.44. The van der Waals surface area contributed by atoms with E-state index in [9.17, 15) is 14.4 Å². The molecule has 0 radical (unpaired) electrons. The number of rotatable bonds is 5. The number of Topliss-reactive ketones (excluding diaryl/α,β-unsaturated/α-hetero) is 1. The van der Waals surface area contributed by atoms with Crippen LogP contribution in [0.1, 0.15) is 70.3 Å². The van der Waals surface area contributed by atoms with Gasteiger partial charge in [0.1, 0.15) is 17.8 Å². The predicted molar refractivity (Wildman–Crippen MR) is 130 cm³/mol. The summed E-state index contributed by atoms with van der Waals surface area (Å²) in [4.78, 5) is 40.1. The number of benzene rings is 1. The normalized spacial score (nSPS) is 25.4. The Bertz CT molecular complexity index is 1060. The Labute approximate surface area is 206 Å². The standard InChI is InChI=1S/C28H35NO6/c1-16-14-21-25(26(30)22(16)27(31)34-4)24(18-10-9-13-20(15-18)33-3)23(17(2)29-21)28(32)35-19-11-7-5-6-8-12-19/h9-10,13,15-16,19,22,24,29H,5-8,11-12,14H2,1-4H3/t16-,22+,24+/m0/s1. The van der Waals surface area contributed by atoms with Crippen molar-refractivity contribution in [1.82, 2.24) is 5.32 Å². The van der Waals surface area contributed by atoms with Gasteiger partial charge in [-0.2, -0.15) is 0 Å². The van der Waals surface area contributed by atoms with Crippen molar-refractivity contribution in [3.63, 3.8) is 0 Å². The van der Waals surface area contributed by atoms with E-state index in [-0.39, 0.29) is 17.8 Å². The van der Waals surface area contributed by atoms with Gasteiger partial charge in [-0.25, -0.2) is 4.79 Å². The number of esters is 2. The van der Waals surface area contributed by atoms with Gasteiger partial charge in [0.05, 0.1) is 19.8 Å². The van der Waals surface area contributed by atoms with Crippen LogP contribution in [0.5, 0.6) is 5.75 Å². The van der Waals surface area contributed by atoms with Crippen molar-refractivity contribution in [2.24, 2.45) is 11.8 Å². The molecule has 0 saturated heterocycles. The summed E-state index contributed by atoms with van der Waals surface area (Å²) in [6.07, 6.45) is 6.47. The van der Waals surface area contributed by atoms with Crippen LogP contribution in [-0.4, -0.2) is 38.0 Å². The third-order valence-electron chi connectivity index (χ3n) is 7.47. The summed E-state index contributed by atoms with van der Waals surface area (Å²) in [6, 6.07) is 7.38. The number of ether oxygens (including phenoxy) is 3. The SMILES string of the molecule is COC(=O)[C@H]1C(=O)C2=C(C[C@@H]1C)NC(C)=C(C(=O)OC1CCCCCC1)[C@H]2c1cccc(OC)c1. The van der Waals surface area contributed by atoms with Crippen LogP contribution in [0.4, 0.5) is 0 Å². The van der Waals surface area contributed by atoms with E-state index in [0.29, 0.717) is 29.0 Å². The minimum Gasteiger partial charge on any atom is -0.497 e. The van der Waals surface area contributed by atoms with Gasteiger partial charge in [0.15, 0.2) is 5.78 Å². The zero-order chi connectivity index (χ0) is 25.1. The van der Waals surface area contributed by atoms with E-state index in [4.69, 9.17) is 14.2 Å². The monoisotopic (exact) mass is 481 g/mol. The molecule has 0 unspecified atom stereocenters. The molecule has 0 spiro atoms. The number of carbonyl (C=O) groups excluding carboxylic acids is 3. The van der Waals surface area contributed by atoms with E-state index < -0.39 is 23.8 Å². The van der Waals surface area contributed by atoms with Gasteiger partial charge in [0, 0.05) is 22.9 Å². The lowest BCUT2D eigenvalue weighted by Crippen LogP contribution is -2.43. The number of allylic oxidation sites excluding steroid dienone is 3. The van der Waals surface area contributed by atoms with Gasteiger partial charge in [-0.05, 0) is 62.6 Å². The molecule has 188 valence electrons. The van der Waals surface area contributed by atoms with Gasteiger partial charge >= 0.3 is 11.9 Å². The summed E-state index contributed by atoms with van der Waals surface area (Å²) >= 11 is 0. The summed E-state index contributed by atoms with van der Waals surface area (Å²) in [5, 5.41) is 3.32. The first-order chi connectivity index (χ1) is 16.8. The number of hydrogen-bond acceptors (Lipinski definition) is 7. The van der Waals surface area contributed by atoms with Gasteiger partial charge in [-0.1, -0.05) is 31.9 Å². The molecule has 1 aromatic carbocycles. The topological polar surface area (TPSA) is 90.9 Å². The Kier molecular flexibility index (Phi) is 7.63. The van der Waals surface area contributed by atoms with E-state index in [0.717, 1.165) is 49.8 Å². The first kappa shape index (κ1) is 25.0. The second-order valence-corrected chi connectivity index (χ2v) is 9.83. The van der Waals surface area contributed by atoms with Crippen molar-refractivity contribution in [3.8, 4) is 5.75 Å². The van der Waals surface area contributed by atoms with Crippen LogP contribution in [0.3, 0.4) is 0 Å². The lowest BCUT2D eigenvalue weighted by atomic mass is 9.69. The molecule has 1 N–H and O–H groups in total. The Morgan fingerprint density at radius 1 is 1.06 bits per heavy atom. The molecule has 1 fully saturated rings. The van der Waals surface area contributed by atoms with Crippen molar-refractivity contribution in [2.45, 2.75) is 70.8 Å². The second kappa shape index (κ2) is 10.7. The largest absolute Gasteiger partial charge is 0.497 e. The highest BCUT2D eigenvalue weighted by Crippen LogP contribution is 2.46. The van der Waals surface area contributed by atoms with Crippen LogP contribution in [0.2, 0.25) is 0 Å². The minimum absolute atomic E-state index is 0.128. The van der Waals surface area contributed by atoms with Gasteiger partial charge < -0.3 is 19.5 Å². The fourth-order valence-corrected chi connectivity index (χ4v) is 5.68. The smallest absolute Gasteiger partial charge is 0.337 e. The van der Waals surface area contributed by atoms with E-state index in [1.807, 2.05) is 38.1 Å². The summed E-state index contributed by atoms with van der Waals surface area (Å²) in [5.41, 5.74) is 3.01. The lowest BCUT2D eigenvalue weighted by molar-refractivity contribution is -0.151. The Morgan fingerprint density at radius 2 is 1.77 bits per heavy atom. The van der Waals surface area contributed by atoms with Gasteiger partial charge in [-0.15, -0.1) is 0 Å². The molecule has 0 bridgehead atoms. The zero-order valence-electron chi connectivity index (χ0n) is 21.0. The van der Waals surface area contributed by atoms with E-state index in [1.165, 1.54) is 7.11 Å². The van der Waals surface area contributed by atoms with Crippen molar-refractivity contribution >= 4 is 17.7 Å². The molecule has 1 aliphatic heterocycles. The summed E-state index contributed by atoms with van der Waals surface area (Å²) in [6.45, 7) is 3.72. The first-order valence-electron chi connectivity index (χ1n) is 12.5. The molecule has 7 heteroatoms. The molecule has 0 aromatic heterocycles. The highest BCUT2D eigenvalue weighted by atomic mass is 16.5. The maximum Gasteiger partial charge on any atom is 0.337 e. The minimum atomic E-state index is -0.911. The molecule has 35 heavy (non-hydrogen) atoms. The van der Waals surface area contributed by atoms with E-state index in [1.54, 1.807) is 7.11 Å². The quantitative estimate of drug-likeness (QED) is 0.374.